The van der Waals surface area contributed by atoms with Crippen molar-refractivity contribution in [1.29, 1.82) is 0 Å². The third kappa shape index (κ3) is 3.50. The molecule has 0 aliphatic carbocycles. The summed E-state index contributed by atoms with van der Waals surface area (Å²) in [5, 5.41) is 3.41. The summed E-state index contributed by atoms with van der Waals surface area (Å²) in [7, 11) is 0. The maximum Gasteiger partial charge on any atom is 0.0108 e. The maximum atomic E-state index is 3.41. The van der Waals surface area contributed by atoms with E-state index >= 15 is 0 Å². The number of hydrogen-bond acceptors (Lipinski definition) is 3. The Morgan fingerprint density at radius 1 is 1.17 bits per heavy atom. The van der Waals surface area contributed by atoms with E-state index < -0.39 is 0 Å². The molecule has 0 aromatic heterocycles. The number of hydrogen-bond donors (Lipinski definition) is 1. The van der Waals surface area contributed by atoms with Crippen LogP contribution in [0.3, 0.4) is 0 Å². The van der Waals surface area contributed by atoms with Crippen molar-refractivity contribution in [3.8, 4) is 0 Å². The highest BCUT2D eigenvalue weighted by Gasteiger charge is 2.24. The lowest BCUT2D eigenvalue weighted by molar-refractivity contribution is 0.200. The Kier molecular flexibility index (Phi) is 4.71. The lowest BCUT2D eigenvalue weighted by atomic mass is 9.84. The summed E-state index contributed by atoms with van der Waals surface area (Å²) in [6.45, 7) is 10.4. The molecule has 0 atom stereocenters. The molecule has 3 heteroatoms. The molecule has 1 aromatic rings. The van der Waals surface area contributed by atoms with Crippen molar-refractivity contribution < 1.29 is 0 Å². The lowest BCUT2D eigenvalue weighted by Crippen LogP contribution is -2.47. The van der Waals surface area contributed by atoms with Gasteiger partial charge in [-0.1, -0.05) is 26.0 Å². The Hall–Kier alpha value is -0.510. The minimum Gasteiger partial charge on any atom is -0.314 e. The summed E-state index contributed by atoms with van der Waals surface area (Å²) in [6, 6.07) is 9.04. The Morgan fingerprint density at radius 2 is 1.78 bits per heavy atom. The molecule has 1 aliphatic rings. The van der Waals surface area contributed by atoms with Crippen molar-refractivity contribution in [3.05, 3.63) is 29.8 Å². The van der Waals surface area contributed by atoms with Crippen LogP contribution in [0, 0.1) is 0 Å². The van der Waals surface area contributed by atoms with Crippen LogP contribution in [-0.2, 0) is 5.41 Å². The highest BCUT2D eigenvalue weighted by atomic mass is 32.2. The van der Waals surface area contributed by atoms with Gasteiger partial charge >= 0.3 is 0 Å². The first-order valence-corrected chi connectivity index (χ1v) is 7.92. The summed E-state index contributed by atoms with van der Waals surface area (Å²) in [4.78, 5) is 3.91. The van der Waals surface area contributed by atoms with E-state index in [0.717, 1.165) is 19.6 Å². The molecule has 0 amide bonds. The van der Waals surface area contributed by atoms with E-state index in [4.69, 9.17) is 0 Å². The lowest BCUT2D eigenvalue weighted by Gasteiger charge is -2.35. The van der Waals surface area contributed by atoms with Crippen molar-refractivity contribution >= 4 is 11.8 Å². The van der Waals surface area contributed by atoms with Gasteiger partial charge in [0.25, 0.3) is 0 Å². The van der Waals surface area contributed by atoms with Crippen LogP contribution in [0.5, 0.6) is 0 Å². The Labute approximate surface area is 115 Å². The van der Waals surface area contributed by atoms with E-state index in [2.05, 4.69) is 54.6 Å². The smallest absolute Gasteiger partial charge is 0.0108 e. The highest BCUT2D eigenvalue weighted by molar-refractivity contribution is 7.98. The molecule has 0 saturated carbocycles. The monoisotopic (exact) mass is 264 g/mol. The van der Waals surface area contributed by atoms with E-state index in [1.54, 1.807) is 11.8 Å². The fourth-order valence-corrected chi connectivity index (χ4v) is 2.97. The SMILES string of the molecule is CSc1ccc(C(C)(C)CN2CCNCC2)cc1. The van der Waals surface area contributed by atoms with Crippen molar-refractivity contribution in [2.24, 2.45) is 0 Å². The van der Waals surface area contributed by atoms with E-state index in [1.165, 1.54) is 23.5 Å². The van der Waals surface area contributed by atoms with Crippen LogP contribution in [0.15, 0.2) is 29.2 Å². The fourth-order valence-electron chi connectivity index (χ4n) is 2.56. The van der Waals surface area contributed by atoms with E-state index in [9.17, 15) is 0 Å². The van der Waals surface area contributed by atoms with Crippen LogP contribution in [0.2, 0.25) is 0 Å². The molecule has 1 saturated heterocycles. The van der Waals surface area contributed by atoms with Gasteiger partial charge in [-0.3, -0.25) is 4.90 Å². The summed E-state index contributed by atoms with van der Waals surface area (Å²) < 4.78 is 0. The van der Waals surface area contributed by atoms with E-state index in [0.29, 0.717) is 0 Å². The van der Waals surface area contributed by atoms with Gasteiger partial charge in [0.2, 0.25) is 0 Å². The molecule has 1 fully saturated rings. The number of nitrogens with zero attached hydrogens (tertiary/aromatic N) is 1. The number of thioether (sulfide) groups is 1. The number of piperazine rings is 1. The van der Waals surface area contributed by atoms with Crippen LogP contribution < -0.4 is 5.32 Å². The second-order valence-electron chi connectivity index (χ2n) is 5.64. The van der Waals surface area contributed by atoms with Crippen LogP contribution >= 0.6 is 11.8 Å². The van der Waals surface area contributed by atoms with Crippen LogP contribution in [0.4, 0.5) is 0 Å². The zero-order valence-electron chi connectivity index (χ0n) is 11.7. The number of benzene rings is 1. The first-order valence-electron chi connectivity index (χ1n) is 6.69. The minimum absolute atomic E-state index is 0.230. The molecular formula is C15H24N2S. The van der Waals surface area contributed by atoms with Crippen molar-refractivity contribution in [2.75, 3.05) is 39.0 Å². The van der Waals surface area contributed by atoms with Crippen LogP contribution in [-0.4, -0.2) is 43.9 Å². The third-order valence-electron chi connectivity index (χ3n) is 3.70. The molecule has 0 unspecified atom stereocenters. The van der Waals surface area contributed by atoms with Crippen LogP contribution in [0.1, 0.15) is 19.4 Å². The standard InChI is InChI=1S/C15H24N2S/c1-15(2,12-17-10-8-16-9-11-17)13-4-6-14(18-3)7-5-13/h4-7,16H,8-12H2,1-3H3. The van der Waals surface area contributed by atoms with Gasteiger partial charge < -0.3 is 5.32 Å². The first-order chi connectivity index (χ1) is 8.62. The van der Waals surface area contributed by atoms with Gasteiger partial charge in [-0.2, -0.15) is 0 Å². The maximum absolute atomic E-state index is 3.41. The van der Waals surface area contributed by atoms with Gasteiger partial charge in [0.1, 0.15) is 0 Å². The highest BCUT2D eigenvalue weighted by Crippen LogP contribution is 2.26. The molecular weight excluding hydrogens is 240 g/mol. The molecule has 1 heterocycles. The molecule has 0 spiro atoms. The van der Waals surface area contributed by atoms with Gasteiger partial charge in [0.15, 0.2) is 0 Å². The van der Waals surface area contributed by atoms with Gasteiger partial charge in [0.05, 0.1) is 0 Å². The van der Waals surface area contributed by atoms with Gasteiger partial charge in [-0.15, -0.1) is 11.8 Å². The Balaban J connectivity index is 2.03. The number of rotatable bonds is 4. The molecule has 0 radical (unpaired) electrons. The molecule has 2 nitrogen and oxygen atoms in total. The summed E-state index contributed by atoms with van der Waals surface area (Å²) in [5.41, 5.74) is 1.67. The van der Waals surface area contributed by atoms with Crippen LogP contribution in [0.25, 0.3) is 0 Å². The third-order valence-corrected chi connectivity index (χ3v) is 4.44. The van der Waals surface area contributed by atoms with Gasteiger partial charge in [0, 0.05) is 43.0 Å². The molecule has 1 N–H and O–H groups in total. The van der Waals surface area contributed by atoms with Crippen molar-refractivity contribution in [1.82, 2.24) is 10.2 Å². The van der Waals surface area contributed by atoms with E-state index in [-0.39, 0.29) is 5.41 Å². The molecule has 0 bridgehead atoms. The normalized spacial score (nSPS) is 17.9. The quantitative estimate of drug-likeness (QED) is 0.842. The van der Waals surface area contributed by atoms with E-state index in [1.807, 2.05) is 0 Å². The zero-order valence-corrected chi connectivity index (χ0v) is 12.5. The van der Waals surface area contributed by atoms with Gasteiger partial charge in [-0.25, -0.2) is 0 Å². The average Bonchev–Trinajstić information content (AvgIpc) is 2.39. The van der Waals surface area contributed by atoms with Crippen molar-refractivity contribution in [2.45, 2.75) is 24.2 Å². The minimum atomic E-state index is 0.230. The Morgan fingerprint density at radius 3 is 2.33 bits per heavy atom. The summed E-state index contributed by atoms with van der Waals surface area (Å²) in [5.74, 6) is 0. The molecule has 1 aromatic carbocycles. The first kappa shape index (κ1) is 13.9. The molecule has 2 rings (SSSR count). The molecule has 100 valence electrons. The van der Waals surface area contributed by atoms with Crippen molar-refractivity contribution in [3.63, 3.8) is 0 Å². The second kappa shape index (κ2) is 6.09. The Bertz CT molecular complexity index is 367. The number of nitrogens with one attached hydrogen (secondary N) is 1. The zero-order chi connectivity index (χ0) is 13.0. The predicted octanol–water partition coefficient (Wildman–Crippen LogP) is 2.59. The molecule has 1 aliphatic heterocycles. The predicted molar refractivity (Wildman–Crippen MR) is 80.6 cm³/mol. The largest absolute Gasteiger partial charge is 0.314 e. The summed E-state index contributed by atoms with van der Waals surface area (Å²) >= 11 is 1.81. The molecule has 18 heavy (non-hydrogen) atoms. The summed E-state index contributed by atoms with van der Waals surface area (Å²) in [6.07, 6.45) is 2.13. The van der Waals surface area contributed by atoms with Gasteiger partial charge in [-0.05, 0) is 24.0 Å². The fraction of sp³-hybridized carbons (Fsp3) is 0.600. The average molecular weight is 264 g/mol. The topological polar surface area (TPSA) is 15.3 Å². The second-order valence-corrected chi connectivity index (χ2v) is 6.52.